The molecule has 0 spiro atoms. The molecule has 1 aromatic rings. The van der Waals surface area contributed by atoms with Gasteiger partial charge in [-0.2, -0.15) is 0 Å². The Hall–Kier alpha value is -1.51. The van der Waals surface area contributed by atoms with Crippen LogP contribution in [-0.4, -0.2) is 17.1 Å². The zero-order valence-corrected chi connectivity index (χ0v) is 8.45. The molecule has 1 aromatic carbocycles. The monoisotopic (exact) mass is 193 g/mol. The average Bonchev–Trinajstić information content (AvgIpc) is 2.18. The van der Waals surface area contributed by atoms with Gasteiger partial charge in [0.2, 0.25) is 0 Å². The molecular weight excluding hydrogens is 178 g/mol. The number of hydrogen-bond acceptors (Lipinski definition) is 2. The average molecular weight is 193 g/mol. The van der Waals surface area contributed by atoms with E-state index in [1.54, 1.807) is 18.2 Å². The summed E-state index contributed by atoms with van der Waals surface area (Å²) in [6.45, 7) is 4.08. The van der Waals surface area contributed by atoms with Gasteiger partial charge in [0.1, 0.15) is 0 Å². The largest absolute Gasteiger partial charge is 0.478 e. The lowest BCUT2D eigenvalue weighted by molar-refractivity contribution is 0.0698. The molecule has 14 heavy (non-hydrogen) atoms. The lowest BCUT2D eigenvalue weighted by Gasteiger charge is -2.14. The molecule has 3 heteroatoms. The van der Waals surface area contributed by atoms with Crippen molar-refractivity contribution in [2.75, 3.05) is 5.32 Å². The van der Waals surface area contributed by atoms with Crippen LogP contribution in [0.25, 0.3) is 0 Å². The maximum Gasteiger partial charge on any atom is 0.337 e. The Labute approximate surface area is 83.8 Å². The first-order chi connectivity index (χ1) is 6.65. The number of para-hydroxylation sites is 1. The first-order valence-corrected chi connectivity index (χ1v) is 4.74. The molecule has 1 atom stereocenters. The summed E-state index contributed by atoms with van der Waals surface area (Å²) < 4.78 is 0. The lowest BCUT2D eigenvalue weighted by atomic mass is 10.1. The SMILES string of the molecule is CCC(C)Nc1ccccc1C(=O)O. The van der Waals surface area contributed by atoms with E-state index in [9.17, 15) is 4.79 Å². The minimum Gasteiger partial charge on any atom is -0.478 e. The van der Waals surface area contributed by atoms with E-state index in [1.165, 1.54) is 0 Å². The smallest absolute Gasteiger partial charge is 0.337 e. The summed E-state index contributed by atoms with van der Waals surface area (Å²) in [5.41, 5.74) is 1.02. The molecule has 0 fully saturated rings. The maximum absolute atomic E-state index is 10.9. The van der Waals surface area contributed by atoms with E-state index in [-0.39, 0.29) is 6.04 Å². The fourth-order valence-corrected chi connectivity index (χ4v) is 1.16. The van der Waals surface area contributed by atoms with Crippen molar-refractivity contribution in [1.29, 1.82) is 0 Å². The van der Waals surface area contributed by atoms with Crippen molar-refractivity contribution >= 4 is 11.7 Å². The van der Waals surface area contributed by atoms with Crippen LogP contribution in [-0.2, 0) is 0 Å². The van der Waals surface area contributed by atoms with Crippen LogP contribution in [0.2, 0.25) is 0 Å². The predicted octanol–water partition coefficient (Wildman–Crippen LogP) is 2.60. The molecule has 0 saturated heterocycles. The van der Waals surface area contributed by atoms with E-state index < -0.39 is 5.97 Å². The summed E-state index contributed by atoms with van der Waals surface area (Å²) in [6.07, 6.45) is 0.966. The highest BCUT2D eigenvalue weighted by molar-refractivity contribution is 5.94. The maximum atomic E-state index is 10.9. The summed E-state index contributed by atoms with van der Waals surface area (Å²) in [6, 6.07) is 7.24. The van der Waals surface area contributed by atoms with E-state index >= 15 is 0 Å². The number of nitrogens with one attached hydrogen (secondary N) is 1. The molecule has 76 valence electrons. The first kappa shape index (κ1) is 10.6. The quantitative estimate of drug-likeness (QED) is 0.772. The van der Waals surface area contributed by atoms with Crippen molar-refractivity contribution in [3.63, 3.8) is 0 Å². The van der Waals surface area contributed by atoms with E-state index in [1.807, 2.05) is 13.0 Å². The Bertz CT molecular complexity index is 323. The molecule has 0 aromatic heterocycles. The molecule has 1 rings (SSSR count). The molecule has 0 heterocycles. The molecule has 0 aliphatic rings. The van der Waals surface area contributed by atoms with Gasteiger partial charge in [-0.25, -0.2) is 4.79 Å². The van der Waals surface area contributed by atoms with Gasteiger partial charge >= 0.3 is 5.97 Å². The van der Waals surface area contributed by atoms with Gasteiger partial charge in [-0.05, 0) is 25.5 Å². The van der Waals surface area contributed by atoms with E-state index in [4.69, 9.17) is 5.11 Å². The van der Waals surface area contributed by atoms with Gasteiger partial charge in [0.15, 0.2) is 0 Å². The van der Waals surface area contributed by atoms with Gasteiger partial charge in [0.25, 0.3) is 0 Å². The highest BCUT2D eigenvalue weighted by atomic mass is 16.4. The summed E-state index contributed by atoms with van der Waals surface area (Å²) >= 11 is 0. The van der Waals surface area contributed by atoms with E-state index in [0.717, 1.165) is 6.42 Å². The number of carbonyl (C=O) groups is 1. The minimum atomic E-state index is -0.892. The highest BCUT2D eigenvalue weighted by Crippen LogP contribution is 2.16. The van der Waals surface area contributed by atoms with Crippen molar-refractivity contribution in [3.05, 3.63) is 29.8 Å². The van der Waals surface area contributed by atoms with Crippen LogP contribution in [0.15, 0.2) is 24.3 Å². The lowest BCUT2D eigenvalue weighted by Crippen LogP contribution is -2.15. The third-order valence-corrected chi connectivity index (χ3v) is 2.17. The van der Waals surface area contributed by atoms with E-state index in [0.29, 0.717) is 11.3 Å². The third-order valence-electron chi connectivity index (χ3n) is 2.17. The molecule has 0 aliphatic heterocycles. The standard InChI is InChI=1S/C11H15NO2/c1-3-8(2)12-10-7-5-4-6-9(10)11(13)14/h4-8,12H,3H2,1-2H3,(H,13,14). The zero-order valence-electron chi connectivity index (χ0n) is 8.45. The van der Waals surface area contributed by atoms with Crippen molar-refractivity contribution in [3.8, 4) is 0 Å². The second kappa shape index (κ2) is 4.65. The molecule has 0 amide bonds. The van der Waals surface area contributed by atoms with Gasteiger partial charge in [0.05, 0.1) is 5.56 Å². The number of carboxylic acids is 1. The second-order valence-corrected chi connectivity index (χ2v) is 3.30. The van der Waals surface area contributed by atoms with Crippen LogP contribution in [0.5, 0.6) is 0 Å². The topological polar surface area (TPSA) is 49.3 Å². The number of carboxylic acid groups (broad SMARTS) is 1. The van der Waals surface area contributed by atoms with Gasteiger partial charge in [-0.1, -0.05) is 19.1 Å². The minimum absolute atomic E-state index is 0.287. The zero-order chi connectivity index (χ0) is 10.6. The van der Waals surface area contributed by atoms with Crippen molar-refractivity contribution < 1.29 is 9.90 Å². The van der Waals surface area contributed by atoms with Crippen LogP contribution in [0.3, 0.4) is 0 Å². The summed E-state index contributed by atoms with van der Waals surface area (Å²) in [7, 11) is 0. The Balaban J connectivity index is 2.90. The third kappa shape index (κ3) is 2.49. The van der Waals surface area contributed by atoms with Crippen LogP contribution in [0.4, 0.5) is 5.69 Å². The molecular formula is C11H15NO2. The molecule has 0 bridgehead atoms. The van der Waals surface area contributed by atoms with Crippen molar-refractivity contribution in [2.24, 2.45) is 0 Å². The molecule has 2 N–H and O–H groups in total. The summed E-state index contributed by atoms with van der Waals surface area (Å²) in [5.74, 6) is -0.892. The fourth-order valence-electron chi connectivity index (χ4n) is 1.16. The fraction of sp³-hybridized carbons (Fsp3) is 0.364. The van der Waals surface area contributed by atoms with Crippen LogP contribution in [0.1, 0.15) is 30.6 Å². The highest BCUT2D eigenvalue weighted by Gasteiger charge is 2.09. The molecule has 0 saturated carbocycles. The van der Waals surface area contributed by atoms with Crippen molar-refractivity contribution in [2.45, 2.75) is 26.3 Å². The Morgan fingerprint density at radius 2 is 2.14 bits per heavy atom. The summed E-state index contributed by atoms with van der Waals surface area (Å²) in [4.78, 5) is 10.9. The second-order valence-electron chi connectivity index (χ2n) is 3.30. The van der Waals surface area contributed by atoms with Crippen LogP contribution in [0, 0.1) is 0 Å². The number of rotatable bonds is 4. The molecule has 0 aliphatic carbocycles. The van der Waals surface area contributed by atoms with Gasteiger partial charge in [-0.3, -0.25) is 0 Å². The molecule has 0 radical (unpaired) electrons. The predicted molar refractivity (Wildman–Crippen MR) is 56.8 cm³/mol. The van der Waals surface area contributed by atoms with Gasteiger partial charge < -0.3 is 10.4 Å². The van der Waals surface area contributed by atoms with Crippen LogP contribution >= 0.6 is 0 Å². The normalized spacial score (nSPS) is 12.1. The number of anilines is 1. The Morgan fingerprint density at radius 1 is 1.50 bits per heavy atom. The van der Waals surface area contributed by atoms with Crippen molar-refractivity contribution in [1.82, 2.24) is 0 Å². The van der Waals surface area contributed by atoms with Gasteiger partial charge in [0, 0.05) is 11.7 Å². The van der Waals surface area contributed by atoms with Crippen LogP contribution < -0.4 is 5.32 Å². The summed E-state index contributed by atoms with van der Waals surface area (Å²) in [5, 5.41) is 12.1. The van der Waals surface area contributed by atoms with Gasteiger partial charge in [-0.15, -0.1) is 0 Å². The Kier molecular flexibility index (Phi) is 3.51. The number of hydrogen-bond donors (Lipinski definition) is 2. The van der Waals surface area contributed by atoms with E-state index in [2.05, 4.69) is 12.2 Å². The number of aromatic carboxylic acids is 1. The molecule has 1 unspecified atom stereocenters. The Morgan fingerprint density at radius 3 is 2.71 bits per heavy atom. The molecule has 3 nitrogen and oxygen atoms in total. The first-order valence-electron chi connectivity index (χ1n) is 4.74. The number of benzene rings is 1.